The number of nitrogens with zero attached hydrogens (tertiary/aromatic N) is 1. The van der Waals surface area contributed by atoms with E-state index in [0.29, 0.717) is 48.2 Å². The third kappa shape index (κ3) is 5.59. The van der Waals surface area contributed by atoms with E-state index in [9.17, 15) is 14.4 Å². The summed E-state index contributed by atoms with van der Waals surface area (Å²) < 4.78 is 10.8. The first kappa shape index (κ1) is 21.4. The lowest BCUT2D eigenvalue weighted by atomic mass is 10.2. The molecule has 0 atom stereocenters. The maximum absolute atomic E-state index is 12.3. The highest BCUT2D eigenvalue weighted by molar-refractivity contribution is 6.02. The fraction of sp³-hybridized carbons (Fsp3) is 0.348. The van der Waals surface area contributed by atoms with Gasteiger partial charge < -0.3 is 19.7 Å². The summed E-state index contributed by atoms with van der Waals surface area (Å²) in [5.41, 5.74) is 1.47. The molecule has 1 N–H and O–H groups in total. The molecule has 0 saturated carbocycles. The van der Waals surface area contributed by atoms with Gasteiger partial charge in [-0.3, -0.25) is 9.59 Å². The van der Waals surface area contributed by atoms with Crippen molar-refractivity contribution in [3.05, 3.63) is 54.1 Å². The molecule has 0 spiro atoms. The average molecular weight is 410 g/mol. The van der Waals surface area contributed by atoms with E-state index in [-0.39, 0.29) is 5.91 Å². The summed E-state index contributed by atoms with van der Waals surface area (Å²) in [5.74, 6) is -0.115. The Kier molecular flexibility index (Phi) is 7.06. The molecule has 30 heavy (non-hydrogen) atoms. The monoisotopic (exact) mass is 410 g/mol. The second kappa shape index (κ2) is 9.91. The number of hydrogen-bond donors (Lipinski definition) is 1. The first-order valence-corrected chi connectivity index (χ1v) is 10.0. The van der Waals surface area contributed by atoms with Gasteiger partial charge in [-0.05, 0) is 42.7 Å². The van der Waals surface area contributed by atoms with Gasteiger partial charge in [0.15, 0.2) is 6.61 Å². The van der Waals surface area contributed by atoms with Crippen LogP contribution >= 0.6 is 0 Å². The van der Waals surface area contributed by atoms with Crippen molar-refractivity contribution in [2.45, 2.75) is 26.7 Å². The molecule has 7 heteroatoms. The molecule has 2 aromatic rings. The summed E-state index contributed by atoms with van der Waals surface area (Å²) in [7, 11) is 0. The van der Waals surface area contributed by atoms with Crippen LogP contribution in [0.4, 0.5) is 11.4 Å². The Morgan fingerprint density at radius 3 is 2.67 bits per heavy atom. The Balaban J connectivity index is 1.57. The van der Waals surface area contributed by atoms with Crippen molar-refractivity contribution in [1.29, 1.82) is 0 Å². The van der Waals surface area contributed by atoms with Crippen molar-refractivity contribution in [2.24, 2.45) is 5.92 Å². The lowest BCUT2D eigenvalue weighted by molar-refractivity contribution is -0.119. The van der Waals surface area contributed by atoms with Crippen LogP contribution < -0.4 is 15.0 Å². The highest BCUT2D eigenvalue weighted by atomic mass is 16.5. The quantitative estimate of drug-likeness (QED) is 0.672. The van der Waals surface area contributed by atoms with E-state index < -0.39 is 18.5 Å². The smallest absolute Gasteiger partial charge is 0.338 e. The van der Waals surface area contributed by atoms with E-state index >= 15 is 0 Å². The molecule has 2 amide bonds. The van der Waals surface area contributed by atoms with Crippen LogP contribution in [0.1, 0.15) is 37.0 Å². The van der Waals surface area contributed by atoms with Crippen molar-refractivity contribution >= 4 is 29.2 Å². The predicted molar refractivity (Wildman–Crippen MR) is 114 cm³/mol. The van der Waals surface area contributed by atoms with Gasteiger partial charge in [-0.2, -0.15) is 0 Å². The van der Waals surface area contributed by atoms with E-state index in [4.69, 9.17) is 9.47 Å². The number of anilines is 2. The Morgan fingerprint density at radius 2 is 1.93 bits per heavy atom. The molecule has 7 nitrogen and oxygen atoms in total. The third-order valence-corrected chi connectivity index (χ3v) is 4.53. The van der Waals surface area contributed by atoms with Gasteiger partial charge in [0.25, 0.3) is 5.91 Å². The van der Waals surface area contributed by atoms with Gasteiger partial charge in [-0.15, -0.1) is 0 Å². The number of para-hydroxylation sites is 2. The van der Waals surface area contributed by atoms with Gasteiger partial charge in [-0.1, -0.05) is 32.0 Å². The number of carbonyl (C=O) groups is 3. The van der Waals surface area contributed by atoms with Crippen LogP contribution in [-0.4, -0.2) is 37.5 Å². The molecule has 1 aliphatic rings. The van der Waals surface area contributed by atoms with Crippen LogP contribution in [0.5, 0.6) is 5.75 Å². The van der Waals surface area contributed by atoms with Crippen molar-refractivity contribution in [3.63, 3.8) is 0 Å². The number of ether oxygens (including phenoxy) is 2. The molecule has 1 saturated heterocycles. The Labute approximate surface area is 176 Å². The van der Waals surface area contributed by atoms with E-state index in [1.54, 1.807) is 47.4 Å². The number of amides is 2. The van der Waals surface area contributed by atoms with Gasteiger partial charge in [0.1, 0.15) is 5.75 Å². The summed E-state index contributed by atoms with van der Waals surface area (Å²) >= 11 is 0. The van der Waals surface area contributed by atoms with Crippen molar-refractivity contribution in [3.8, 4) is 5.75 Å². The molecule has 2 aromatic carbocycles. The lowest BCUT2D eigenvalue weighted by Crippen LogP contribution is -2.27. The van der Waals surface area contributed by atoms with Crippen molar-refractivity contribution < 1.29 is 23.9 Å². The van der Waals surface area contributed by atoms with E-state index in [1.807, 2.05) is 19.9 Å². The summed E-state index contributed by atoms with van der Waals surface area (Å²) in [4.78, 5) is 38.3. The number of hydrogen-bond acceptors (Lipinski definition) is 5. The topological polar surface area (TPSA) is 84.9 Å². The molecule has 1 fully saturated rings. The summed E-state index contributed by atoms with van der Waals surface area (Å²) in [6.45, 7) is 4.80. The minimum absolute atomic E-state index is 0.0303. The molecule has 0 aromatic heterocycles. The van der Waals surface area contributed by atoms with Gasteiger partial charge in [-0.25, -0.2) is 4.79 Å². The minimum Gasteiger partial charge on any atom is -0.493 e. The molecular weight excluding hydrogens is 384 g/mol. The third-order valence-electron chi connectivity index (χ3n) is 4.53. The van der Waals surface area contributed by atoms with Crippen LogP contribution in [0.2, 0.25) is 0 Å². The number of rotatable bonds is 8. The molecular formula is C23H26N2O5. The fourth-order valence-electron chi connectivity index (χ4n) is 3.09. The van der Waals surface area contributed by atoms with Crippen molar-refractivity contribution in [1.82, 2.24) is 0 Å². The standard InChI is InChI=1S/C23H26N2O5/c1-16(2)14-29-18-8-5-7-17(13-18)23(28)30-15-21(26)24-19-9-3-4-10-20(19)25-12-6-11-22(25)27/h3-5,7-10,13,16H,6,11-12,14-15H2,1-2H3,(H,24,26). The number of esters is 1. The van der Waals surface area contributed by atoms with Gasteiger partial charge in [0.05, 0.1) is 23.5 Å². The largest absolute Gasteiger partial charge is 0.493 e. The number of carbonyl (C=O) groups excluding carboxylic acids is 3. The summed E-state index contributed by atoms with van der Waals surface area (Å²) in [6.07, 6.45) is 1.29. The van der Waals surface area contributed by atoms with E-state index in [0.717, 1.165) is 6.42 Å². The molecule has 158 valence electrons. The van der Waals surface area contributed by atoms with Crippen LogP contribution in [-0.2, 0) is 14.3 Å². The van der Waals surface area contributed by atoms with Crippen LogP contribution in [0.25, 0.3) is 0 Å². The second-order valence-electron chi connectivity index (χ2n) is 7.52. The molecule has 0 aliphatic carbocycles. The SMILES string of the molecule is CC(C)COc1cccc(C(=O)OCC(=O)Nc2ccccc2N2CCCC2=O)c1. The normalized spacial score (nSPS) is 13.4. The fourth-order valence-corrected chi connectivity index (χ4v) is 3.09. The first-order valence-electron chi connectivity index (χ1n) is 10.0. The minimum atomic E-state index is -0.608. The van der Waals surface area contributed by atoms with Crippen LogP contribution in [0, 0.1) is 5.92 Å². The highest BCUT2D eigenvalue weighted by Crippen LogP contribution is 2.29. The van der Waals surface area contributed by atoms with E-state index in [2.05, 4.69) is 5.32 Å². The first-order chi connectivity index (χ1) is 14.4. The lowest BCUT2D eigenvalue weighted by Gasteiger charge is -2.19. The van der Waals surface area contributed by atoms with E-state index in [1.165, 1.54) is 0 Å². The van der Waals surface area contributed by atoms with Crippen LogP contribution in [0.15, 0.2) is 48.5 Å². The highest BCUT2D eigenvalue weighted by Gasteiger charge is 2.24. The molecule has 0 unspecified atom stereocenters. The van der Waals surface area contributed by atoms with Gasteiger partial charge in [0.2, 0.25) is 5.91 Å². The maximum Gasteiger partial charge on any atom is 0.338 e. The Hall–Kier alpha value is -3.35. The molecule has 0 bridgehead atoms. The average Bonchev–Trinajstić information content (AvgIpc) is 3.17. The molecule has 1 heterocycles. The maximum atomic E-state index is 12.3. The summed E-state index contributed by atoms with van der Waals surface area (Å²) in [6, 6.07) is 13.8. The Morgan fingerprint density at radius 1 is 1.13 bits per heavy atom. The van der Waals surface area contributed by atoms with Gasteiger partial charge in [0, 0.05) is 13.0 Å². The molecule has 0 radical (unpaired) electrons. The zero-order valence-electron chi connectivity index (χ0n) is 17.2. The van der Waals surface area contributed by atoms with Gasteiger partial charge >= 0.3 is 5.97 Å². The molecule has 3 rings (SSSR count). The predicted octanol–water partition coefficient (Wildman–Crippen LogP) is 3.64. The number of benzene rings is 2. The van der Waals surface area contributed by atoms with Crippen molar-refractivity contribution in [2.75, 3.05) is 30.0 Å². The Bertz CT molecular complexity index is 925. The zero-order chi connectivity index (χ0) is 21.5. The number of nitrogens with one attached hydrogen (secondary N) is 1. The second-order valence-corrected chi connectivity index (χ2v) is 7.52. The summed E-state index contributed by atoms with van der Waals surface area (Å²) in [5, 5.41) is 2.72. The van der Waals surface area contributed by atoms with Crippen LogP contribution in [0.3, 0.4) is 0 Å². The zero-order valence-corrected chi connectivity index (χ0v) is 17.2. The molecule has 1 aliphatic heterocycles.